The van der Waals surface area contributed by atoms with E-state index in [1.54, 1.807) is 13.2 Å². The second-order valence-electron chi connectivity index (χ2n) is 3.30. The predicted molar refractivity (Wildman–Crippen MR) is 65.6 cm³/mol. The summed E-state index contributed by atoms with van der Waals surface area (Å²) in [5.41, 5.74) is 1.01. The molecule has 1 aromatic carbocycles. The third kappa shape index (κ3) is 2.84. The fourth-order valence-electron chi connectivity index (χ4n) is 1.25. The molecule has 1 rings (SSSR count). The summed E-state index contributed by atoms with van der Waals surface area (Å²) < 4.78 is 5.29. The molecule has 0 N–H and O–H groups in total. The molecule has 0 radical (unpaired) electrons. The van der Waals surface area contributed by atoms with Crippen molar-refractivity contribution in [2.24, 2.45) is 0 Å². The second-order valence-corrected chi connectivity index (χ2v) is 3.30. The Morgan fingerprint density at radius 1 is 1.33 bits per heavy atom. The highest BCUT2D eigenvalue weighted by molar-refractivity contribution is 5.47. The summed E-state index contributed by atoms with van der Waals surface area (Å²) in [5, 5.41) is 2.06. The van der Waals surface area contributed by atoms with Crippen LogP contribution in [-0.2, 0) is 4.74 Å². The lowest BCUT2D eigenvalue weighted by molar-refractivity contribution is 0.310. The SMILES string of the molecule is C=C/C(C)=C(/C=c1/ccccc1=C)OC. The van der Waals surface area contributed by atoms with E-state index in [1.807, 2.05) is 37.3 Å². The number of allylic oxidation sites excluding steroid dienone is 3. The fourth-order valence-corrected chi connectivity index (χ4v) is 1.25. The zero-order valence-electron chi connectivity index (χ0n) is 9.29. The van der Waals surface area contributed by atoms with Crippen LogP contribution in [-0.4, -0.2) is 7.11 Å². The Bertz CT molecular complexity index is 480. The number of hydrogen-bond donors (Lipinski definition) is 0. The molecular formula is C14H16O. The largest absolute Gasteiger partial charge is 0.496 e. The Labute approximate surface area is 90.7 Å². The van der Waals surface area contributed by atoms with Gasteiger partial charge in [-0.1, -0.05) is 43.5 Å². The van der Waals surface area contributed by atoms with Crippen LogP contribution >= 0.6 is 0 Å². The molecule has 0 heterocycles. The minimum atomic E-state index is 0.820. The average Bonchev–Trinajstić information content (AvgIpc) is 2.27. The van der Waals surface area contributed by atoms with E-state index in [-0.39, 0.29) is 0 Å². The molecule has 0 saturated carbocycles. The molecule has 1 heteroatoms. The maximum Gasteiger partial charge on any atom is 0.122 e. The minimum Gasteiger partial charge on any atom is -0.496 e. The first-order valence-corrected chi connectivity index (χ1v) is 4.82. The molecule has 0 aliphatic rings. The van der Waals surface area contributed by atoms with Crippen LogP contribution in [0.5, 0.6) is 0 Å². The van der Waals surface area contributed by atoms with Gasteiger partial charge in [-0.15, -0.1) is 0 Å². The Morgan fingerprint density at radius 2 is 2.00 bits per heavy atom. The molecule has 0 amide bonds. The Balaban J connectivity index is 3.34. The van der Waals surface area contributed by atoms with Crippen molar-refractivity contribution in [1.29, 1.82) is 0 Å². The summed E-state index contributed by atoms with van der Waals surface area (Å²) in [7, 11) is 1.66. The molecule has 0 saturated heterocycles. The zero-order chi connectivity index (χ0) is 11.3. The minimum absolute atomic E-state index is 0.820. The second kappa shape index (κ2) is 5.20. The van der Waals surface area contributed by atoms with Crippen molar-refractivity contribution in [1.82, 2.24) is 0 Å². The number of hydrogen-bond acceptors (Lipinski definition) is 1. The van der Waals surface area contributed by atoms with Crippen LogP contribution < -0.4 is 10.4 Å². The van der Waals surface area contributed by atoms with Gasteiger partial charge in [0, 0.05) is 0 Å². The summed E-state index contributed by atoms with van der Waals surface area (Å²) in [6.45, 7) is 9.64. The van der Waals surface area contributed by atoms with E-state index in [9.17, 15) is 0 Å². The highest BCUT2D eigenvalue weighted by atomic mass is 16.5. The Morgan fingerprint density at radius 3 is 2.53 bits per heavy atom. The molecule has 1 aromatic rings. The molecule has 0 aliphatic carbocycles. The summed E-state index contributed by atoms with van der Waals surface area (Å²) in [5.74, 6) is 0.820. The van der Waals surface area contributed by atoms with Gasteiger partial charge in [0.05, 0.1) is 7.11 Å². The van der Waals surface area contributed by atoms with E-state index < -0.39 is 0 Å². The van der Waals surface area contributed by atoms with E-state index in [1.165, 1.54) is 0 Å². The third-order valence-electron chi connectivity index (χ3n) is 2.26. The third-order valence-corrected chi connectivity index (χ3v) is 2.26. The maximum absolute atomic E-state index is 5.29. The zero-order valence-corrected chi connectivity index (χ0v) is 9.29. The fraction of sp³-hybridized carbons (Fsp3) is 0.143. The average molecular weight is 200 g/mol. The Kier molecular flexibility index (Phi) is 3.92. The van der Waals surface area contributed by atoms with Gasteiger partial charge in [0.15, 0.2) is 0 Å². The molecule has 0 bridgehead atoms. The van der Waals surface area contributed by atoms with Gasteiger partial charge in [-0.25, -0.2) is 0 Å². The van der Waals surface area contributed by atoms with Gasteiger partial charge >= 0.3 is 0 Å². The first kappa shape index (κ1) is 11.3. The standard InChI is InChI=1S/C14H16O/c1-5-11(2)14(15-4)10-13-9-7-6-8-12(13)3/h5-10H,1,3H2,2,4H3/b13-10-,14-11-. The molecule has 0 unspecified atom stereocenters. The first-order valence-electron chi connectivity index (χ1n) is 4.82. The number of ether oxygens (including phenoxy) is 1. The molecular weight excluding hydrogens is 184 g/mol. The maximum atomic E-state index is 5.29. The van der Waals surface area contributed by atoms with E-state index in [4.69, 9.17) is 4.74 Å². The van der Waals surface area contributed by atoms with Crippen molar-refractivity contribution in [3.05, 3.63) is 58.7 Å². The molecule has 15 heavy (non-hydrogen) atoms. The Hall–Kier alpha value is -1.76. The van der Waals surface area contributed by atoms with Crippen LogP contribution in [0, 0.1) is 0 Å². The van der Waals surface area contributed by atoms with Crippen LogP contribution in [0.3, 0.4) is 0 Å². The molecule has 0 aromatic heterocycles. The number of methoxy groups -OCH3 is 1. The number of rotatable bonds is 3. The molecule has 1 nitrogen and oxygen atoms in total. The van der Waals surface area contributed by atoms with Crippen LogP contribution in [0.4, 0.5) is 0 Å². The van der Waals surface area contributed by atoms with Crippen molar-refractivity contribution in [2.45, 2.75) is 6.92 Å². The molecule has 0 atom stereocenters. The quantitative estimate of drug-likeness (QED) is 0.535. The van der Waals surface area contributed by atoms with Crippen LogP contribution in [0.2, 0.25) is 0 Å². The monoisotopic (exact) mass is 200 g/mol. The summed E-state index contributed by atoms with van der Waals surface area (Å²) in [6, 6.07) is 7.94. The molecule has 0 fully saturated rings. The summed E-state index contributed by atoms with van der Waals surface area (Å²) in [6.07, 6.45) is 3.75. The number of benzene rings is 1. The van der Waals surface area contributed by atoms with E-state index in [0.717, 1.165) is 21.8 Å². The smallest absolute Gasteiger partial charge is 0.122 e. The van der Waals surface area contributed by atoms with Crippen molar-refractivity contribution in [2.75, 3.05) is 7.11 Å². The van der Waals surface area contributed by atoms with E-state index in [2.05, 4.69) is 13.2 Å². The lowest BCUT2D eigenvalue weighted by atomic mass is 10.2. The van der Waals surface area contributed by atoms with Crippen molar-refractivity contribution < 1.29 is 4.74 Å². The first-order chi connectivity index (χ1) is 7.19. The van der Waals surface area contributed by atoms with Gasteiger partial charge in [0.2, 0.25) is 0 Å². The molecule has 78 valence electrons. The summed E-state index contributed by atoms with van der Waals surface area (Å²) >= 11 is 0. The van der Waals surface area contributed by atoms with E-state index >= 15 is 0 Å². The lowest BCUT2D eigenvalue weighted by Gasteiger charge is -2.02. The normalized spacial score (nSPS) is 13.3. The van der Waals surface area contributed by atoms with E-state index in [0.29, 0.717) is 0 Å². The summed E-state index contributed by atoms with van der Waals surface area (Å²) in [4.78, 5) is 0. The van der Waals surface area contributed by atoms with Gasteiger partial charge in [-0.05, 0) is 29.0 Å². The topological polar surface area (TPSA) is 9.23 Å². The van der Waals surface area contributed by atoms with Crippen LogP contribution in [0.25, 0.3) is 12.7 Å². The van der Waals surface area contributed by atoms with Crippen molar-refractivity contribution in [3.8, 4) is 0 Å². The van der Waals surface area contributed by atoms with Gasteiger partial charge in [0.1, 0.15) is 5.76 Å². The van der Waals surface area contributed by atoms with Crippen molar-refractivity contribution in [3.63, 3.8) is 0 Å². The highest BCUT2D eigenvalue weighted by Gasteiger charge is 1.94. The predicted octanol–water partition coefficient (Wildman–Crippen LogP) is 1.98. The molecule has 0 spiro atoms. The van der Waals surface area contributed by atoms with Crippen LogP contribution in [0.1, 0.15) is 6.92 Å². The van der Waals surface area contributed by atoms with Gasteiger partial charge in [-0.2, -0.15) is 0 Å². The van der Waals surface area contributed by atoms with Crippen LogP contribution in [0.15, 0.2) is 48.3 Å². The van der Waals surface area contributed by atoms with Gasteiger partial charge < -0.3 is 4.74 Å². The molecule has 0 aliphatic heterocycles. The van der Waals surface area contributed by atoms with Gasteiger partial charge in [-0.3, -0.25) is 0 Å². The van der Waals surface area contributed by atoms with Crippen molar-refractivity contribution >= 4 is 12.7 Å². The van der Waals surface area contributed by atoms with Gasteiger partial charge in [0.25, 0.3) is 0 Å². The highest BCUT2D eigenvalue weighted by Crippen LogP contribution is 2.06. The lowest BCUT2D eigenvalue weighted by Crippen LogP contribution is -2.22.